The average molecular weight is 275 g/mol. The first-order chi connectivity index (χ1) is 9.38. The second-order valence-corrected chi connectivity index (χ2v) is 6.64. The maximum atomic E-state index is 12.2. The molecule has 1 aromatic rings. The summed E-state index contributed by atoms with van der Waals surface area (Å²) in [5.74, 6) is 0.499. The molecule has 20 heavy (non-hydrogen) atoms. The van der Waals surface area contributed by atoms with Gasteiger partial charge in [0.15, 0.2) is 0 Å². The number of benzene rings is 1. The topological polar surface area (TPSA) is 53.2 Å². The summed E-state index contributed by atoms with van der Waals surface area (Å²) in [6, 6.07) is 7.74. The summed E-state index contributed by atoms with van der Waals surface area (Å²) in [7, 11) is 0. The molecule has 3 N–H and O–H groups in total. The molecule has 1 aliphatic heterocycles. The van der Waals surface area contributed by atoms with Gasteiger partial charge in [-0.05, 0) is 23.5 Å². The predicted molar refractivity (Wildman–Crippen MR) is 84.0 cm³/mol. The maximum absolute atomic E-state index is 12.2. The zero-order chi connectivity index (χ0) is 14.8. The third-order valence-electron chi connectivity index (χ3n) is 4.13. The van der Waals surface area contributed by atoms with Crippen LogP contribution in [0.2, 0.25) is 0 Å². The molecule has 0 fully saturated rings. The highest BCUT2D eigenvalue weighted by atomic mass is 16.2. The Balaban J connectivity index is 1.89. The summed E-state index contributed by atoms with van der Waals surface area (Å²) in [5, 5.41) is 9.62. The molecule has 110 valence electrons. The molecule has 1 aliphatic rings. The summed E-state index contributed by atoms with van der Waals surface area (Å²) in [6.07, 6.45) is 0. The Hall–Kier alpha value is -1.71. The average Bonchev–Trinajstić information content (AvgIpc) is 2.42. The van der Waals surface area contributed by atoms with Crippen LogP contribution in [0.5, 0.6) is 0 Å². The molecule has 1 aromatic carbocycles. The fourth-order valence-electron chi connectivity index (χ4n) is 2.06. The number of carbonyl (C=O) groups is 1. The fraction of sp³-hybridized carbons (Fsp3) is 0.562. The van der Waals surface area contributed by atoms with Gasteiger partial charge in [0.2, 0.25) is 5.91 Å². The van der Waals surface area contributed by atoms with Crippen molar-refractivity contribution in [2.75, 3.05) is 23.7 Å². The molecule has 0 aromatic heterocycles. The Labute approximate surface area is 121 Å². The molecule has 4 heteroatoms. The molecule has 2 unspecified atom stereocenters. The van der Waals surface area contributed by atoms with Gasteiger partial charge >= 0.3 is 0 Å². The van der Waals surface area contributed by atoms with E-state index < -0.39 is 0 Å². The number of anilines is 2. The van der Waals surface area contributed by atoms with Gasteiger partial charge in [0.1, 0.15) is 6.04 Å². The predicted octanol–water partition coefficient (Wildman–Crippen LogP) is 2.69. The minimum Gasteiger partial charge on any atom is -0.381 e. The van der Waals surface area contributed by atoms with E-state index in [1.165, 1.54) is 0 Å². The van der Waals surface area contributed by atoms with E-state index in [0.29, 0.717) is 19.0 Å². The molecule has 0 radical (unpaired) electrons. The number of carbonyl (C=O) groups excluding carboxylic acids is 1. The van der Waals surface area contributed by atoms with E-state index >= 15 is 0 Å². The summed E-state index contributed by atoms with van der Waals surface area (Å²) < 4.78 is 0. The van der Waals surface area contributed by atoms with Gasteiger partial charge < -0.3 is 16.0 Å². The molecule has 1 amide bonds. The lowest BCUT2D eigenvalue weighted by Gasteiger charge is -2.30. The minimum absolute atomic E-state index is 0.0584. The molecule has 2 rings (SSSR count). The van der Waals surface area contributed by atoms with Gasteiger partial charge in [-0.25, -0.2) is 0 Å². The number of hydrogen-bond acceptors (Lipinski definition) is 3. The van der Waals surface area contributed by atoms with E-state index in [1.54, 1.807) is 0 Å². The van der Waals surface area contributed by atoms with Crippen LogP contribution in [0.1, 0.15) is 27.7 Å². The summed E-state index contributed by atoms with van der Waals surface area (Å²) in [5.41, 5.74) is 2.25. The number of amides is 1. The van der Waals surface area contributed by atoms with Gasteiger partial charge in [0.05, 0.1) is 11.4 Å². The lowest BCUT2D eigenvalue weighted by molar-refractivity contribution is -0.121. The van der Waals surface area contributed by atoms with Crippen LogP contribution in [0.3, 0.4) is 0 Å². The third kappa shape index (κ3) is 3.44. The molecule has 0 saturated heterocycles. The van der Waals surface area contributed by atoms with E-state index in [2.05, 4.69) is 43.6 Å². The van der Waals surface area contributed by atoms with Crippen molar-refractivity contribution in [3.05, 3.63) is 24.3 Å². The smallest absolute Gasteiger partial charge is 0.244 e. The number of rotatable bonds is 3. The lowest BCUT2D eigenvalue weighted by atomic mass is 9.82. The second-order valence-electron chi connectivity index (χ2n) is 6.64. The van der Waals surface area contributed by atoms with Crippen molar-refractivity contribution in [1.82, 2.24) is 5.32 Å². The number of hydrogen-bond donors (Lipinski definition) is 3. The Morgan fingerprint density at radius 3 is 2.65 bits per heavy atom. The van der Waals surface area contributed by atoms with Gasteiger partial charge in [0, 0.05) is 13.1 Å². The molecule has 4 nitrogen and oxygen atoms in total. The SMILES string of the molecule is CC(CNC(=O)C1CNc2ccccc2N1)C(C)(C)C. The molecule has 0 spiro atoms. The quantitative estimate of drug-likeness (QED) is 0.795. The van der Waals surface area contributed by atoms with Gasteiger partial charge in [0.25, 0.3) is 0 Å². The van der Waals surface area contributed by atoms with Crippen molar-refractivity contribution in [3.63, 3.8) is 0 Å². The highest BCUT2D eigenvalue weighted by Crippen LogP contribution is 2.26. The van der Waals surface area contributed by atoms with Crippen molar-refractivity contribution < 1.29 is 4.79 Å². The van der Waals surface area contributed by atoms with Crippen LogP contribution in [0.4, 0.5) is 11.4 Å². The molecule has 0 aliphatic carbocycles. The highest BCUT2D eigenvalue weighted by molar-refractivity contribution is 5.88. The molecule has 2 atom stereocenters. The summed E-state index contributed by atoms with van der Waals surface area (Å²) in [6.45, 7) is 10.1. The van der Waals surface area contributed by atoms with Crippen LogP contribution < -0.4 is 16.0 Å². The van der Waals surface area contributed by atoms with Crippen molar-refractivity contribution in [3.8, 4) is 0 Å². The summed E-state index contributed by atoms with van der Waals surface area (Å²) >= 11 is 0. The first-order valence-corrected chi connectivity index (χ1v) is 7.25. The molecular weight excluding hydrogens is 250 g/mol. The summed E-state index contributed by atoms with van der Waals surface area (Å²) in [4.78, 5) is 12.2. The number of para-hydroxylation sites is 2. The zero-order valence-corrected chi connectivity index (χ0v) is 12.8. The van der Waals surface area contributed by atoms with Crippen LogP contribution in [-0.2, 0) is 4.79 Å². The Morgan fingerprint density at radius 1 is 1.35 bits per heavy atom. The van der Waals surface area contributed by atoms with Crippen LogP contribution in [0.25, 0.3) is 0 Å². The van der Waals surface area contributed by atoms with E-state index in [9.17, 15) is 4.79 Å². The van der Waals surface area contributed by atoms with E-state index in [4.69, 9.17) is 0 Å². The highest BCUT2D eigenvalue weighted by Gasteiger charge is 2.25. The van der Waals surface area contributed by atoms with Gasteiger partial charge in [-0.2, -0.15) is 0 Å². The van der Waals surface area contributed by atoms with Gasteiger partial charge in [-0.1, -0.05) is 39.8 Å². The molecule has 0 bridgehead atoms. The van der Waals surface area contributed by atoms with Crippen molar-refractivity contribution in [1.29, 1.82) is 0 Å². The van der Waals surface area contributed by atoms with Gasteiger partial charge in [-0.15, -0.1) is 0 Å². The lowest BCUT2D eigenvalue weighted by Crippen LogP contribution is -2.47. The van der Waals surface area contributed by atoms with Crippen molar-refractivity contribution in [2.45, 2.75) is 33.7 Å². The first-order valence-electron chi connectivity index (χ1n) is 7.25. The van der Waals surface area contributed by atoms with Crippen LogP contribution in [-0.4, -0.2) is 25.0 Å². The maximum Gasteiger partial charge on any atom is 0.244 e. The van der Waals surface area contributed by atoms with E-state index in [0.717, 1.165) is 11.4 Å². The largest absolute Gasteiger partial charge is 0.381 e. The standard InChI is InChI=1S/C16H25N3O/c1-11(16(2,3)4)9-18-15(20)14-10-17-12-7-5-6-8-13(12)19-14/h5-8,11,14,17,19H,9-10H2,1-4H3,(H,18,20). The van der Waals surface area contributed by atoms with Gasteiger partial charge in [-0.3, -0.25) is 4.79 Å². The molecule has 0 saturated carbocycles. The number of nitrogens with one attached hydrogen (secondary N) is 3. The van der Waals surface area contributed by atoms with Crippen molar-refractivity contribution >= 4 is 17.3 Å². The van der Waals surface area contributed by atoms with E-state index in [-0.39, 0.29) is 17.4 Å². The first kappa shape index (κ1) is 14.7. The second kappa shape index (κ2) is 5.73. The Kier molecular flexibility index (Phi) is 4.21. The monoisotopic (exact) mass is 275 g/mol. The third-order valence-corrected chi connectivity index (χ3v) is 4.13. The van der Waals surface area contributed by atoms with Crippen LogP contribution in [0, 0.1) is 11.3 Å². The Morgan fingerprint density at radius 2 is 2.00 bits per heavy atom. The fourth-order valence-corrected chi connectivity index (χ4v) is 2.06. The van der Waals surface area contributed by atoms with Crippen LogP contribution >= 0.6 is 0 Å². The molecule has 1 heterocycles. The minimum atomic E-state index is -0.211. The normalized spacial score (nSPS) is 19.3. The zero-order valence-electron chi connectivity index (χ0n) is 12.8. The number of fused-ring (bicyclic) bond motifs is 1. The van der Waals surface area contributed by atoms with Crippen molar-refractivity contribution in [2.24, 2.45) is 11.3 Å². The molecular formula is C16H25N3O. The van der Waals surface area contributed by atoms with E-state index in [1.807, 2.05) is 24.3 Å². The van der Waals surface area contributed by atoms with Crippen LogP contribution in [0.15, 0.2) is 24.3 Å². The Bertz CT molecular complexity index is 479.